The molecule has 3 heteroatoms. The van der Waals surface area contributed by atoms with Crippen LogP contribution in [0.2, 0.25) is 0 Å². The molecule has 0 aliphatic rings. The minimum absolute atomic E-state index is 0.0333. The molecular weight excluding hydrogens is 260 g/mol. The molecule has 0 fully saturated rings. The van der Waals surface area contributed by atoms with E-state index >= 15 is 0 Å². The van der Waals surface area contributed by atoms with E-state index in [1.807, 2.05) is 7.05 Å². The standard InChI is InChI=1S/C18H30N2O/c1-5-6-7-15-8-10-16(11-9-15)12-17(21)20(4)14-18(2,3)13-19/h8-11H,5-7,12-14,19H2,1-4H3. The molecule has 0 unspecified atom stereocenters. The van der Waals surface area contributed by atoms with Gasteiger partial charge >= 0.3 is 0 Å². The summed E-state index contributed by atoms with van der Waals surface area (Å²) in [7, 11) is 1.86. The molecule has 0 atom stereocenters. The van der Waals surface area contributed by atoms with Crippen LogP contribution in [0.4, 0.5) is 0 Å². The molecule has 118 valence electrons. The summed E-state index contributed by atoms with van der Waals surface area (Å²) < 4.78 is 0. The maximum Gasteiger partial charge on any atom is 0.226 e. The Kier molecular flexibility index (Phi) is 6.90. The van der Waals surface area contributed by atoms with Crippen LogP contribution in [0.5, 0.6) is 0 Å². The second-order valence-corrected chi connectivity index (χ2v) is 6.71. The van der Waals surface area contributed by atoms with E-state index in [1.54, 1.807) is 4.90 Å². The molecule has 0 heterocycles. The molecule has 0 saturated carbocycles. The molecule has 1 amide bonds. The molecule has 0 aliphatic carbocycles. The molecule has 1 aromatic carbocycles. The molecule has 0 aliphatic heterocycles. The Labute approximate surface area is 129 Å². The second-order valence-electron chi connectivity index (χ2n) is 6.71. The van der Waals surface area contributed by atoms with Crippen molar-refractivity contribution in [3.05, 3.63) is 35.4 Å². The highest BCUT2D eigenvalue weighted by atomic mass is 16.2. The first-order chi connectivity index (χ1) is 9.88. The maximum absolute atomic E-state index is 12.2. The predicted octanol–water partition coefficient (Wildman–Crippen LogP) is 3.02. The summed E-state index contributed by atoms with van der Waals surface area (Å²) in [5.74, 6) is 0.151. The Hall–Kier alpha value is -1.35. The van der Waals surface area contributed by atoms with Crippen molar-refractivity contribution in [2.45, 2.75) is 46.5 Å². The molecule has 1 rings (SSSR count). The third-order valence-corrected chi connectivity index (χ3v) is 3.84. The minimum atomic E-state index is -0.0333. The molecule has 0 saturated heterocycles. The van der Waals surface area contributed by atoms with Crippen LogP contribution < -0.4 is 5.73 Å². The average Bonchev–Trinajstić information content (AvgIpc) is 2.46. The zero-order chi connectivity index (χ0) is 15.9. The first-order valence-electron chi connectivity index (χ1n) is 7.90. The molecule has 0 spiro atoms. The van der Waals surface area contributed by atoms with Crippen LogP contribution in [0.15, 0.2) is 24.3 Å². The second kappa shape index (κ2) is 8.18. The summed E-state index contributed by atoms with van der Waals surface area (Å²) in [6.45, 7) is 7.64. The van der Waals surface area contributed by atoms with Crippen LogP contribution in [0.1, 0.15) is 44.7 Å². The fraction of sp³-hybridized carbons (Fsp3) is 0.611. The predicted molar refractivity (Wildman–Crippen MR) is 89.2 cm³/mol. The van der Waals surface area contributed by atoms with Crippen molar-refractivity contribution >= 4 is 5.91 Å². The first-order valence-corrected chi connectivity index (χ1v) is 7.90. The summed E-state index contributed by atoms with van der Waals surface area (Å²) in [5.41, 5.74) is 8.13. The molecule has 0 radical (unpaired) electrons. The van der Waals surface area contributed by atoms with Gasteiger partial charge in [0.1, 0.15) is 0 Å². The summed E-state index contributed by atoms with van der Waals surface area (Å²) >= 11 is 0. The molecule has 21 heavy (non-hydrogen) atoms. The van der Waals surface area contributed by atoms with Gasteiger partial charge in [-0.1, -0.05) is 51.5 Å². The van der Waals surface area contributed by atoms with Crippen molar-refractivity contribution in [3.8, 4) is 0 Å². The molecule has 2 N–H and O–H groups in total. The number of aryl methyl sites for hydroxylation is 1. The van der Waals surface area contributed by atoms with E-state index in [2.05, 4.69) is 45.0 Å². The van der Waals surface area contributed by atoms with Crippen molar-refractivity contribution in [1.29, 1.82) is 0 Å². The Balaban J connectivity index is 2.54. The third kappa shape index (κ3) is 6.30. The quantitative estimate of drug-likeness (QED) is 0.800. The minimum Gasteiger partial charge on any atom is -0.345 e. The van der Waals surface area contributed by atoms with Crippen molar-refractivity contribution in [3.63, 3.8) is 0 Å². The van der Waals surface area contributed by atoms with E-state index < -0.39 is 0 Å². The molecule has 3 nitrogen and oxygen atoms in total. The number of hydrogen-bond donors (Lipinski definition) is 1. The summed E-state index contributed by atoms with van der Waals surface area (Å²) in [6, 6.07) is 8.43. The number of carbonyl (C=O) groups excluding carboxylic acids is 1. The number of carbonyl (C=O) groups is 1. The number of nitrogens with zero attached hydrogens (tertiary/aromatic N) is 1. The van der Waals surface area contributed by atoms with Gasteiger partial charge in [-0.3, -0.25) is 4.79 Å². The number of amides is 1. The first kappa shape index (κ1) is 17.7. The van der Waals surface area contributed by atoms with Crippen LogP contribution in [-0.2, 0) is 17.6 Å². The Morgan fingerprint density at radius 1 is 1.19 bits per heavy atom. The summed E-state index contributed by atoms with van der Waals surface area (Å²) in [5, 5.41) is 0. The molecule has 1 aromatic rings. The van der Waals surface area contributed by atoms with Gasteiger partial charge in [0.25, 0.3) is 0 Å². The van der Waals surface area contributed by atoms with Crippen LogP contribution in [0.3, 0.4) is 0 Å². The van der Waals surface area contributed by atoms with Gasteiger partial charge in [0.15, 0.2) is 0 Å². The van der Waals surface area contributed by atoms with E-state index in [4.69, 9.17) is 5.73 Å². The Bertz CT molecular complexity index is 437. The van der Waals surface area contributed by atoms with Gasteiger partial charge in [0, 0.05) is 13.6 Å². The zero-order valence-electron chi connectivity index (χ0n) is 14.0. The lowest BCUT2D eigenvalue weighted by molar-refractivity contribution is -0.130. The van der Waals surface area contributed by atoms with Gasteiger partial charge in [0.2, 0.25) is 5.91 Å². The molecule has 0 aromatic heterocycles. The van der Waals surface area contributed by atoms with Crippen molar-refractivity contribution in [2.75, 3.05) is 20.1 Å². The smallest absolute Gasteiger partial charge is 0.226 e. The highest BCUT2D eigenvalue weighted by Crippen LogP contribution is 2.15. The van der Waals surface area contributed by atoms with Crippen LogP contribution in [0, 0.1) is 5.41 Å². The SMILES string of the molecule is CCCCc1ccc(CC(=O)N(C)CC(C)(C)CN)cc1. The van der Waals surface area contributed by atoms with Crippen molar-refractivity contribution in [2.24, 2.45) is 11.1 Å². The summed E-state index contributed by atoms with van der Waals surface area (Å²) in [4.78, 5) is 14.0. The van der Waals surface area contributed by atoms with Crippen LogP contribution >= 0.6 is 0 Å². The highest BCUT2D eigenvalue weighted by Gasteiger charge is 2.21. The molecular formula is C18H30N2O. The van der Waals surface area contributed by atoms with Crippen molar-refractivity contribution < 1.29 is 4.79 Å². The van der Waals surface area contributed by atoms with E-state index in [-0.39, 0.29) is 11.3 Å². The largest absolute Gasteiger partial charge is 0.345 e. The van der Waals surface area contributed by atoms with Gasteiger partial charge in [-0.05, 0) is 35.9 Å². The number of hydrogen-bond acceptors (Lipinski definition) is 2. The lowest BCUT2D eigenvalue weighted by atomic mass is 9.93. The van der Waals surface area contributed by atoms with E-state index in [9.17, 15) is 4.79 Å². The van der Waals surface area contributed by atoms with E-state index in [0.29, 0.717) is 19.5 Å². The van der Waals surface area contributed by atoms with Crippen molar-refractivity contribution in [1.82, 2.24) is 4.90 Å². The van der Waals surface area contributed by atoms with E-state index in [1.165, 1.54) is 18.4 Å². The third-order valence-electron chi connectivity index (χ3n) is 3.84. The van der Waals surface area contributed by atoms with E-state index in [0.717, 1.165) is 12.0 Å². The lowest BCUT2D eigenvalue weighted by Gasteiger charge is -2.29. The Morgan fingerprint density at radius 2 is 1.76 bits per heavy atom. The zero-order valence-corrected chi connectivity index (χ0v) is 14.0. The summed E-state index contributed by atoms with van der Waals surface area (Å²) in [6.07, 6.45) is 4.01. The fourth-order valence-corrected chi connectivity index (χ4v) is 2.31. The number of likely N-dealkylation sites (N-methyl/N-ethyl adjacent to an activating group) is 1. The lowest BCUT2D eigenvalue weighted by Crippen LogP contribution is -2.40. The number of rotatable bonds is 8. The normalized spacial score (nSPS) is 11.5. The molecule has 0 bridgehead atoms. The van der Waals surface area contributed by atoms with Crippen LogP contribution in [-0.4, -0.2) is 30.9 Å². The van der Waals surface area contributed by atoms with Gasteiger partial charge in [-0.25, -0.2) is 0 Å². The van der Waals surface area contributed by atoms with Gasteiger partial charge in [-0.2, -0.15) is 0 Å². The highest BCUT2D eigenvalue weighted by molar-refractivity contribution is 5.78. The van der Waals surface area contributed by atoms with Gasteiger partial charge in [-0.15, -0.1) is 0 Å². The number of unbranched alkanes of at least 4 members (excludes halogenated alkanes) is 1. The van der Waals surface area contributed by atoms with Gasteiger partial charge < -0.3 is 10.6 Å². The monoisotopic (exact) mass is 290 g/mol. The van der Waals surface area contributed by atoms with Crippen LogP contribution in [0.25, 0.3) is 0 Å². The average molecular weight is 290 g/mol. The Morgan fingerprint density at radius 3 is 2.29 bits per heavy atom. The topological polar surface area (TPSA) is 46.3 Å². The fourth-order valence-electron chi connectivity index (χ4n) is 2.31. The number of nitrogens with two attached hydrogens (primary N) is 1. The number of benzene rings is 1. The van der Waals surface area contributed by atoms with Gasteiger partial charge in [0.05, 0.1) is 6.42 Å². The maximum atomic E-state index is 12.2.